The molecule has 4 nitrogen and oxygen atoms in total. The van der Waals surface area contributed by atoms with Gasteiger partial charge < -0.3 is 9.88 Å². The van der Waals surface area contributed by atoms with Crippen molar-refractivity contribution in [2.45, 2.75) is 6.42 Å². The molecule has 0 spiro atoms. The van der Waals surface area contributed by atoms with E-state index in [2.05, 4.69) is 28.2 Å². The standard InChI is InChI=1S/C22H17N3O/c26-22(19-1-3-20-17(14-19)7-11-24-20)25-12-8-18-13-16(2-4-21(18)25)15-5-9-23-10-6-15/h1-7,9-11,13-14,24H,8,12H2. The average Bonchev–Trinajstić information content (AvgIpc) is 3.33. The van der Waals surface area contributed by atoms with Gasteiger partial charge in [-0.05, 0) is 71.6 Å². The summed E-state index contributed by atoms with van der Waals surface area (Å²) in [6.45, 7) is 0.721. The number of hydrogen-bond donors (Lipinski definition) is 1. The molecular formula is C22H17N3O. The van der Waals surface area contributed by atoms with E-state index in [1.165, 1.54) is 5.56 Å². The summed E-state index contributed by atoms with van der Waals surface area (Å²) in [5, 5.41) is 1.06. The van der Waals surface area contributed by atoms with Gasteiger partial charge in [-0.3, -0.25) is 9.78 Å². The van der Waals surface area contributed by atoms with E-state index < -0.39 is 0 Å². The summed E-state index contributed by atoms with van der Waals surface area (Å²) in [5.74, 6) is 0.0588. The van der Waals surface area contributed by atoms with Crippen LogP contribution in [0.25, 0.3) is 22.0 Å². The Bertz CT molecular complexity index is 1110. The smallest absolute Gasteiger partial charge is 0.258 e. The van der Waals surface area contributed by atoms with E-state index in [9.17, 15) is 4.79 Å². The second kappa shape index (κ2) is 5.85. The molecule has 0 unspecified atom stereocenters. The fourth-order valence-electron chi connectivity index (χ4n) is 3.68. The maximum atomic E-state index is 13.0. The molecule has 1 amide bonds. The van der Waals surface area contributed by atoms with E-state index in [0.29, 0.717) is 0 Å². The number of amides is 1. The predicted octanol–water partition coefficient (Wildman–Crippen LogP) is 4.43. The molecule has 3 heterocycles. The van der Waals surface area contributed by atoms with Crippen LogP contribution in [0.1, 0.15) is 15.9 Å². The maximum absolute atomic E-state index is 13.0. The van der Waals surface area contributed by atoms with Crippen molar-refractivity contribution in [3.05, 3.63) is 84.3 Å². The highest BCUT2D eigenvalue weighted by Gasteiger charge is 2.26. The summed E-state index contributed by atoms with van der Waals surface area (Å²) in [6, 6.07) is 18.1. The Balaban J connectivity index is 1.48. The minimum atomic E-state index is 0.0588. The van der Waals surface area contributed by atoms with Gasteiger partial charge in [-0.1, -0.05) is 6.07 Å². The zero-order valence-electron chi connectivity index (χ0n) is 14.1. The van der Waals surface area contributed by atoms with Gasteiger partial charge >= 0.3 is 0 Å². The number of pyridine rings is 1. The molecule has 1 N–H and O–H groups in total. The highest BCUT2D eigenvalue weighted by Crippen LogP contribution is 2.33. The van der Waals surface area contributed by atoms with Gasteiger partial charge in [-0.25, -0.2) is 0 Å². The Morgan fingerprint density at radius 3 is 2.73 bits per heavy atom. The summed E-state index contributed by atoms with van der Waals surface area (Å²) in [5.41, 5.74) is 6.31. The van der Waals surface area contributed by atoms with Crippen LogP contribution < -0.4 is 4.90 Å². The minimum absolute atomic E-state index is 0.0588. The molecule has 26 heavy (non-hydrogen) atoms. The van der Waals surface area contributed by atoms with Crippen molar-refractivity contribution < 1.29 is 4.79 Å². The van der Waals surface area contributed by atoms with Gasteiger partial charge in [0.15, 0.2) is 0 Å². The number of H-pyrrole nitrogens is 1. The number of anilines is 1. The summed E-state index contributed by atoms with van der Waals surface area (Å²) in [4.78, 5) is 22.2. The molecule has 4 aromatic rings. The number of benzene rings is 2. The first-order chi connectivity index (χ1) is 12.8. The van der Waals surface area contributed by atoms with E-state index in [1.807, 2.05) is 47.5 Å². The van der Waals surface area contributed by atoms with Crippen LogP contribution in [0.4, 0.5) is 5.69 Å². The van der Waals surface area contributed by atoms with Gasteiger partial charge in [0.05, 0.1) is 0 Å². The number of rotatable bonds is 2. The Hall–Kier alpha value is -3.40. The topological polar surface area (TPSA) is 49.0 Å². The minimum Gasteiger partial charge on any atom is -0.361 e. The molecule has 126 valence electrons. The first kappa shape index (κ1) is 14.9. The van der Waals surface area contributed by atoms with Crippen LogP contribution in [0.2, 0.25) is 0 Å². The molecule has 1 aliphatic rings. The first-order valence-electron chi connectivity index (χ1n) is 8.72. The van der Waals surface area contributed by atoms with Gasteiger partial charge in [0.1, 0.15) is 0 Å². The highest BCUT2D eigenvalue weighted by atomic mass is 16.2. The summed E-state index contributed by atoms with van der Waals surface area (Å²) < 4.78 is 0. The molecule has 0 atom stereocenters. The van der Waals surface area contributed by atoms with Crippen molar-refractivity contribution in [3.63, 3.8) is 0 Å². The number of nitrogens with one attached hydrogen (secondary N) is 1. The number of nitrogens with zero attached hydrogens (tertiary/aromatic N) is 2. The lowest BCUT2D eigenvalue weighted by Gasteiger charge is -2.18. The third kappa shape index (κ3) is 2.39. The second-order valence-electron chi connectivity index (χ2n) is 6.57. The number of hydrogen-bond acceptors (Lipinski definition) is 2. The van der Waals surface area contributed by atoms with Crippen LogP contribution in [-0.4, -0.2) is 22.4 Å². The Morgan fingerprint density at radius 2 is 1.85 bits per heavy atom. The lowest BCUT2D eigenvalue weighted by Crippen LogP contribution is -2.28. The molecule has 4 heteroatoms. The number of aromatic nitrogens is 2. The lowest BCUT2D eigenvalue weighted by atomic mass is 10.0. The normalized spacial score (nSPS) is 13.2. The maximum Gasteiger partial charge on any atom is 0.258 e. The molecule has 5 rings (SSSR count). The van der Waals surface area contributed by atoms with E-state index in [0.717, 1.165) is 46.2 Å². The molecule has 2 aromatic heterocycles. The van der Waals surface area contributed by atoms with Gasteiger partial charge in [0.2, 0.25) is 0 Å². The van der Waals surface area contributed by atoms with Crippen LogP contribution in [0, 0.1) is 0 Å². The molecule has 0 bridgehead atoms. The van der Waals surface area contributed by atoms with Crippen molar-refractivity contribution in [2.75, 3.05) is 11.4 Å². The van der Waals surface area contributed by atoms with Crippen LogP contribution in [0.5, 0.6) is 0 Å². The van der Waals surface area contributed by atoms with Gasteiger partial charge in [-0.2, -0.15) is 0 Å². The molecule has 0 fully saturated rings. The summed E-state index contributed by atoms with van der Waals surface area (Å²) in [7, 11) is 0. The van der Waals surface area contributed by atoms with Crippen LogP contribution in [0.15, 0.2) is 73.2 Å². The van der Waals surface area contributed by atoms with Crippen molar-refractivity contribution in [1.29, 1.82) is 0 Å². The molecule has 0 saturated heterocycles. The summed E-state index contributed by atoms with van der Waals surface area (Å²) in [6.07, 6.45) is 6.38. The van der Waals surface area contributed by atoms with E-state index in [-0.39, 0.29) is 5.91 Å². The monoisotopic (exact) mass is 339 g/mol. The molecule has 0 radical (unpaired) electrons. The first-order valence-corrected chi connectivity index (χ1v) is 8.72. The van der Waals surface area contributed by atoms with Gasteiger partial charge in [-0.15, -0.1) is 0 Å². The van der Waals surface area contributed by atoms with Crippen LogP contribution >= 0.6 is 0 Å². The van der Waals surface area contributed by atoms with Gasteiger partial charge in [0.25, 0.3) is 5.91 Å². The number of carbonyl (C=O) groups is 1. The number of aromatic amines is 1. The molecule has 0 saturated carbocycles. The van der Waals surface area contributed by atoms with Crippen molar-refractivity contribution in [1.82, 2.24) is 9.97 Å². The van der Waals surface area contributed by atoms with Crippen LogP contribution in [0.3, 0.4) is 0 Å². The van der Waals surface area contributed by atoms with Crippen molar-refractivity contribution in [3.8, 4) is 11.1 Å². The molecule has 1 aliphatic heterocycles. The quantitative estimate of drug-likeness (QED) is 0.587. The Kier molecular flexibility index (Phi) is 3.35. The fourth-order valence-corrected chi connectivity index (χ4v) is 3.68. The Morgan fingerprint density at radius 1 is 0.962 bits per heavy atom. The number of fused-ring (bicyclic) bond motifs is 2. The predicted molar refractivity (Wildman–Crippen MR) is 103 cm³/mol. The third-order valence-electron chi connectivity index (χ3n) is 5.03. The van der Waals surface area contributed by atoms with Crippen molar-refractivity contribution in [2.24, 2.45) is 0 Å². The average molecular weight is 339 g/mol. The molecule has 0 aliphatic carbocycles. The van der Waals surface area contributed by atoms with Crippen molar-refractivity contribution >= 4 is 22.5 Å². The zero-order chi connectivity index (χ0) is 17.5. The van der Waals surface area contributed by atoms with E-state index >= 15 is 0 Å². The molecular weight excluding hydrogens is 322 g/mol. The molecule has 2 aromatic carbocycles. The second-order valence-corrected chi connectivity index (χ2v) is 6.57. The van der Waals surface area contributed by atoms with E-state index in [4.69, 9.17) is 0 Å². The SMILES string of the molecule is O=C(c1ccc2[nH]ccc2c1)N1CCc2cc(-c3ccncc3)ccc21. The summed E-state index contributed by atoms with van der Waals surface area (Å²) >= 11 is 0. The van der Waals surface area contributed by atoms with Gasteiger partial charge in [0, 0.05) is 47.3 Å². The Labute approximate surface area is 151 Å². The lowest BCUT2D eigenvalue weighted by molar-refractivity contribution is 0.0989. The zero-order valence-corrected chi connectivity index (χ0v) is 14.1. The largest absolute Gasteiger partial charge is 0.361 e. The highest BCUT2D eigenvalue weighted by molar-refractivity contribution is 6.09. The fraction of sp³-hybridized carbons (Fsp3) is 0.0909. The van der Waals surface area contributed by atoms with Crippen LogP contribution in [-0.2, 0) is 6.42 Å². The third-order valence-corrected chi connectivity index (χ3v) is 5.03. The van der Waals surface area contributed by atoms with E-state index in [1.54, 1.807) is 12.4 Å². The number of carbonyl (C=O) groups excluding carboxylic acids is 1.